The van der Waals surface area contributed by atoms with E-state index < -0.39 is 0 Å². The van der Waals surface area contributed by atoms with Crippen LogP contribution < -0.4 is 10.6 Å². The predicted octanol–water partition coefficient (Wildman–Crippen LogP) is 5.81. The van der Waals surface area contributed by atoms with Gasteiger partial charge in [-0.3, -0.25) is 9.59 Å². The molecule has 3 heterocycles. The van der Waals surface area contributed by atoms with E-state index in [1.165, 1.54) is 22.7 Å². The van der Waals surface area contributed by atoms with Gasteiger partial charge in [0, 0.05) is 20.7 Å². The first-order valence-corrected chi connectivity index (χ1v) is 12.7. The van der Waals surface area contributed by atoms with Gasteiger partial charge in [-0.15, -0.1) is 34.0 Å². The second-order valence-electron chi connectivity index (χ2n) is 7.43. The Labute approximate surface area is 198 Å². The third-order valence-corrected chi connectivity index (χ3v) is 7.48. The van der Waals surface area contributed by atoms with Crippen LogP contribution in [0.5, 0.6) is 0 Å². The van der Waals surface area contributed by atoms with E-state index in [0.29, 0.717) is 28.3 Å². The average Bonchev–Trinajstić information content (AvgIpc) is 3.50. The summed E-state index contributed by atoms with van der Waals surface area (Å²) in [6, 6.07) is 13.8. The fourth-order valence-electron chi connectivity index (χ4n) is 3.09. The summed E-state index contributed by atoms with van der Waals surface area (Å²) in [7, 11) is 0. The minimum atomic E-state index is -0.185. The average molecular weight is 483 g/mol. The van der Waals surface area contributed by atoms with E-state index in [4.69, 9.17) is 0 Å². The van der Waals surface area contributed by atoms with Gasteiger partial charge in [0.25, 0.3) is 0 Å². The Kier molecular flexibility index (Phi) is 7.09. The van der Waals surface area contributed by atoms with Gasteiger partial charge in [-0.05, 0) is 17.4 Å². The van der Waals surface area contributed by atoms with Gasteiger partial charge in [0.2, 0.25) is 11.8 Å². The van der Waals surface area contributed by atoms with E-state index in [1.54, 1.807) is 16.7 Å². The molecular formula is C23H22N4O2S3. The summed E-state index contributed by atoms with van der Waals surface area (Å²) in [5, 5.41) is 10.5. The van der Waals surface area contributed by atoms with E-state index in [-0.39, 0.29) is 18.2 Å². The van der Waals surface area contributed by atoms with Crippen molar-refractivity contribution in [2.45, 2.75) is 32.6 Å². The molecule has 0 fully saturated rings. The molecular weight excluding hydrogens is 460 g/mol. The molecule has 0 aliphatic carbocycles. The zero-order chi connectivity index (χ0) is 22.5. The van der Waals surface area contributed by atoms with Gasteiger partial charge in [0.15, 0.2) is 10.3 Å². The maximum Gasteiger partial charge on any atom is 0.232 e. The lowest BCUT2D eigenvalue weighted by Crippen LogP contribution is -2.15. The summed E-state index contributed by atoms with van der Waals surface area (Å²) in [6.07, 6.45) is 0.438. The molecule has 0 saturated carbocycles. The van der Waals surface area contributed by atoms with Crippen molar-refractivity contribution in [1.82, 2.24) is 9.97 Å². The van der Waals surface area contributed by atoms with Crippen LogP contribution in [-0.4, -0.2) is 21.8 Å². The van der Waals surface area contributed by atoms with Crippen LogP contribution >= 0.6 is 34.0 Å². The highest BCUT2D eigenvalue weighted by molar-refractivity contribution is 7.16. The number of thiazole rings is 2. The zero-order valence-corrected chi connectivity index (χ0v) is 20.1. The molecule has 0 spiro atoms. The Morgan fingerprint density at radius 2 is 1.66 bits per heavy atom. The molecule has 0 bridgehead atoms. The summed E-state index contributed by atoms with van der Waals surface area (Å²) in [6.45, 7) is 4.24. The predicted molar refractivity (Wildman–Crippen MR) is 133 cm³/mol. The monoisotopic (exact) mass is 482 g/mol. The number of nitrogens with one attached hydrogen (secondary N) is 2. The number of anilines is 2. The summed E-state index contributed by atoms with van der Waals surface area (Å²) in [5.41, 5.74) is 2.56. The second-order valence-corrected chi connectivity index (χ2v) is 10.3. The Morgan fingerprint density at radius 1 is 0.906 bits per heavy atom. The van der Waals surface area contributed by atoms with Crippen molar-refractivity contribution >= 4 is 56.1 Å². The van der Waals surface area contributed by atoms with Gasteiger partial charge in [0.05, 0.1) is 24.2 Å². The van der Waals surface area contributed by atoms with Crippen LogP contribution in [0.2, 0.25) is 0 Å². The van der Waals surface area contributed by atoms with Crippen LogP contribution in [0.4, 0.5) is 10.3 Å². The maximum absolute atomic E-state index is 12.6. The summed E-state index contributed by atoms with van der Waals surface area (Å²) in [4.78, 5) is 35.9. The highest BCUT2D eigenvalue weighted by atomic mass is 32.1. The van der Waals surface area contributed by atoms with E-state index in [2.05, 4.69) is 34.4 Å². The normalized spacial score (nSPS) is 11.0. The van der Waals surface area contributed by atoms with Crippen LogP contribution in [0.1, 0.15) is 35.2 Å². The Bertz CT molecular complexity index is 1200. The van der Waals surface area contributed by atoms with Crippen molar-refractivity contribution in [3.63, 3.8) is 0 Å². The topological polar surface area (TPSA) is 84.0 Å². The van der Waals surface area contributed by atoms with Crippen molar-refractivity contribution in [2.75, 3.05) is 10.6 Å². The fraction of sp³-hybridized carbons (Fsp3) is 0.217. The Hall–Kier alpha value is -2.88. The summed E-state index contributed by atoms with van der Waals surface area (Å²) in [5.74, 6) is -0.00193. The van der Waals surface area contributed by atoms with Gasteiger partial charge in [-0.1, -0.05) is 50.2 Å². The molecule has 3 aromatic heterocycles. The molecule has 1 aromatic carbocycles. The SMILES string of the molecule is CC(C)c1sc(NC(=O)Cc2csc(NC(=O)Cc3cccs3)n2)nc1-c1ccccc1. The van der Waals surface area contributed by atoms with Gasteiger partial charge in [-0.25, -0.2) is 9.97 Å². The smallest absolute Gasteiger partial charge is 0.232 e. The van der Waals surface area contributed by atoms with Crippen LogP contribution in [0, 0.1) is 0 Å². The second kappa shape index (κ2) is 10.2. The molecule has 0 aliphatic rings. The Morgan fingerprint density at radius 3 is 2.38 bits per heavy atom. The lowest BCUT2D eigenvalue weighted by atomic mass is 10.1. The highest BCUT2D eigenvalue weighted by Crippen LogP contribution is 2.36. The molecule has 0 saturated heterocycles. The van der Waals surface area contributed by atoms with Crippen molar-refractivity contribution < 1.29 is 9.59 Å². The van der Waals surface area contributed by atoms with E-state index in [1.807, 2.05) is 47.8 Å². The van der Waals surface area contributed by atoms with E-state index in [0.717, 1.165) is 21.0 Å². The number of nitrogens with zero attached hydrogens (tertiary/aromatic N) is 2. The minimum Gasteiger partial charge on any atom is -0.302 e. The van der Waals surface area contributed by atoms with Crippen LogP contribution in [0.15, 0.2) is 53.2 Å². The summed E-state index contributed by atoms with van der Waals surface area (Å²) < 4.78 is 0. The number of carbonyl (C=O) groups excluding carboxylic acids is 2. The van der Waals surface area contributed by atoms with Crippen molar-refractivity contribution in [1.29, 1.82) is 0 Å². The van der Waals surface area contributed by atoms with Crippen LogP contribution in [-0.2, 0) is 22.4 Å². The number of aromatic nitrogens is 2. The lowest BCUT2D eigenvalue weighted by molar-refractivity contribution is -0.116. The van der Waals surface area contributed by atoms with Crippen LogP contribution in [0.3, 0.4) is 0 Å². The quantitative estimate of drug-likeness (QED) is 0.332. The number of amides is 2. The first-order chi connectivity index (χ1) is 15.5. The molecule has 0 aliphatic heterocycles. The molecule has 0 unspecified atom stereocenters. The van der Waals surface area contributed by atoms with Gasteiger partial charge >= 0.3 is 0 Å². The van der Waals surface area contributed by atoms with Crippen molar-refractivity contribution in [3.8, 4) is 11.3 Å². The van der Waals surface area contributed by atoms with Gasteiger partial charge < -0.3 is 10.6 Å². The third kappa shape index (κ3) is 5.67. The molecule has 32 heavy (non-hydrogen) atoms. The third-order valence-electron chi connectivity index (χ3n) is 4.53. The number of carbonyl (C=O) groups is 2. The molecule has 164 valence electrons. The highest BCUT2D eigenvalue weighted by Gasteiger charge is 2.18. The number of thiophene rings is 1. The number of hydrogen-bond acceptors (Lipinski definition) is 7. The lowest BCUT2D eigenvalue weighted by Gasteiger charge is -2.04. The van der Waals surface area contributed by atoms with Crippen LogP contribution in [0.25, 0.3) is 11.3 Å². The molecule has 6 nitrogen and oxygen atoms in total. The van der Waals surface area contributed by atoms with Gasteiger partial charge in [-0.2, -0.15) is 0 Å². The minimum absolute atomic E-state index is 0.116. The zero-order valence-electron chi connectivity index (χ0n) is 17.6. The molecule has 4 rings (SSSR count). The van der Waals surface area contributed by atoms with Crippen molar-refractivity contribution in [3.05, 3.63) is 68.7 Å². The first kappa shape index (κ1) is 22.3. The number of hydrogen-bond donors (Lipinski definition) is 2. The molecule has 9 heteroatoms. The standard InChI is InChI=1S/C23H22N4O2S3/c1-14(2)21-20(15-7-4-3-5-8-15)27-23(32-21)26-18(28)11-16-13-31-22(24-16)25-19(29)12-17-9-6-10-30-17/h3-10,13-14H,11-12H2,1-2H3,(H,24,25,29)(H,26,27,28). The van der Waals surface area contributed by atoms with Gasteiger partial charge in [0.1, 0.15) is 0 Å². The molecule has 4 aromatic rings. The molecule has 0 atom stereocenters. The molecule has 0 radical (unpaired) electrons. The molecule has 2 N–H and O–H groups in total. The summed E-state index contributed by atoms with van der Waals surface area (Å²) >= 11 is 4.36. The first-order valence-electron chi connectivity index (χ1n) is 10.1. The maximum atomic E-state index is 12.6. The number of benzene rings is 1. The Balaban J connectivity index is 1.37. The van der Waals surface area contributed by atoms with E-state index in [9.17, 15) is 9.59 Å². The fourth-order valence-corrected chi connectivity index (χ4v) is 5.52. The number of rotatable bonds is 8. The largest absolute Gasteiger partial charge is 0.302 e. The van der Waals surface area contributed by atoms with E-state index >= 15 is 0 Å². The van der Waals surface area contributed by atoms with Crippen molar-refractivity contribution in [2.24, 2.45) is 0 Å². The molecule has 2 amide bonds.